The third kappa shape index (κ3) is 27.0. The molecule has 0 N–H and O–H groups in total. The van der Waals surface area contributed by atoms with Gasteiger partial charge in [-0.1, -0.05) is 327 Å². The second-order valence-corrected chi connectivity index (χ2v) is 28.9. The van der Waals surface area contributed by atoms with E-state index in [9.17, 15) is 0 Å². The van der Waals surface area contributed by atoms with Gasteiger partial charge in [-0.05, 0) is 230 Å². The Morgan fingerprint density at radius 2 is 0.533 bits per heavy atom. The second kappa shape index (κ2) is 51.3. The highest BCUT2D eigenvalue weighted by Gasteiger charge is 2.34. The third-order valence-corrected chi connectivity index (χ3v) is 20.9. The molecule has 9 heteroatoms. The van der Waals surface area contributed by atoms with Gasteiger partial charge in [0.2, 0.25) is 0 Å². The van der Waals surface area contributed by atoms with Crippen LogP contribution < -0.4 is 0 Å². The zero-order chi connectivity index (χ0) is 88.4. The number of fused-ring (bicyclic) bond motifs is 13. The third-order valence-electron chi connectivity index (χ3n) is 19.8. The maximum absolute atomic E-state index is 5.65. The van der Waals surface area contributed by atoms with Crippen molar-refractivity contribution in [3.8, 4) is 16.8 Å². The Bertz CT molecular complexity index is 5420. The maximum Gasteiger partial charge on any atom is 0.135 e. The molecule has 0 saturated heterocycles. The van der Waals surface area contributed by atoms with E-state index in [1.165, 1.54) is 125 Å². The molecule has 8 nitrogen and oxygen atoms in total. The molecule has 12 aromatic carbocycles. The number of aryl methyl sites for hydroxylation is 8. The Labute approximate surface area is 724 Å². The number of rotatable bonds is 1. The molecule has 0 saturated carbocycles. The fourth-order valence-corrected chi connectivity index (χ4v) is 15.1. The molecule has 0 radical (unpaired) electrons. The number of furan rings is 1. The first kappa shape index (κ1) is 98.5. The smallest absolute Gasteiger partial charge is 0.135 e. The Morgan fingerprint density at radius 3 is 0.875 bits per heavy atom. The van der Waals surface area contributed by atoms with Gasteiger partial charge in [0.15, 0.2) is 0 Å². The number of nitrogens with zero attached hydrogens (tertiary/aromatic N) is 7. The Morgan fingerprint density at radius 1 is 0.250 bits per heavy atom. The van der Waals surface area contributed by atoms with Crippen molar-refractivity contribution in [2.45, 2.75) is 199 Å². The minimum absolute atomic E-state index is 0.160. The van der Waals surface area contributed by atoms with Gasteiger partial charge in [0, 0.05) is 75.6 Å². The number of thiophene rings is 1. The summed E-state index contributed by atoms with van der Waals surface area (Å²) < 4.78 is 10.7. The van der Waals surface area contributed by atoms with E-state index in [1.807, 2.05) is 210 Å². The van der Waals surface area contributed by atoms with Crippen molar-refractivity contribution in [3.63, 3.8) is 0 Å². The molecule has 120 heavy (non-hydrogen) atoms. The molecular weight excluding hydrogens is 1480 g/mol. The number of aromatic nitrogens is 7. The molecule has 0 spiro atoms. The van der Waals surface area contributed by atoms with Crippen LogP contribution in [0.1, 0.15) is 188 Å². The van der Waals surface area contributed by atoms with Gasteiger partial charge in [0.1, 0.15) is 34.5 Å². The lowest BCUT2D eigenvalue weighted by molar-refractivity contribution is 0.660. The van der Waals surface area contributed by atoms with Crippen LogP contribution in [0.5, 0.6) is 0 Å². The molecule has 18 aromatic rings. The number of benzene rings is 12. The lowest BCUT2D eigenvalue weighted by Gasteiger charge is -2.20. The monoisotopic (exact) mass is 1610 g/mol. The molecule has 0 unspecified atom stereocenters. The van der Waals surface area contributed by atoms with Crippen LogP contribution in [0, 0.1) is 96.9 Å². The predicted molar refractivity (Wildman–Crippen MR) is 529 cm³/mol. The van der Waals surface area contributed by atoms with E-state index in [1.54, 1.807) is 0 Å². The van der Waals surface area contributed by atoms with E-state index in [-0.39, 0.29) is 5.41 Å². The van der Waals surface area contributed by atoms with Gasteiger partial charge in [0.25, 0.3) is 0 Å². The van der Waals surface area contributed by atoms with Crippen LogP contribution in [-0.4, -0.2) is 34.5 Å². The van der Waals surface area contributed by atoms with Gasteiger partial charge in [-0.3, -0.25) is 4.98 Å². The quantitative estimate of drug-likeness (QED) is 0.162. The summed E-state index contributed by atoms with van der Waals surface area (Å²) in [6.45, 7) is 57.3. The summed E-state index contributed by atoms with van der Waals surface area (Å²) in [6.07, 6.45) is 0. The van der Waals surface area contributed by atoms with Gasteiger partial charge >= 0.3 is 0 Å². The van der Waals surface area contributed by atoms with Crippen molar-refractivity contribution in [1.29, 1.82) is 0 Å². The summed E-state index contributed by atoms with van der Waals surface area (Å²) in [4.78, 5) is 24.5. The van der Waals surface area contributed by atoms with Gasteiger partial charge in [0.05, 0.1) is 11.0 Å². The molecule has 6 aromatic heterocycles. The minimum Gasteiger partial charge on any atom is -0.456 e. The SMILES string of the molecule is CC.CC.CC.CC.CC.CC.CC1(C)c2ccccc2-c2ccccc21.Cc1c(C)c(C)c(C)c(C)c1C.Cc1cc(C)nc(C)n1.Cc1cccc(C)n1.Cc1nc(C)nc(C)n1.c1ccc(-n2c3ccccc3c3ccccc32)cc1.c1ccc2c(c1)oc1ccccc12.c1ccc2c(c1)sc1ccccc12.c1ccc2ccccc2c1. The second-order valence-electron chi connectivity index (χ2n) is 27.8. The van der Waals surface area contributed by atoms with Crippen molar-refractivity contribution in [3.05, 3.63) is 388 Å². The fraction of sp³-hybridized carbons (Fsp3) is 0.261. The van der Waals surface area contributed by atoms with Crippen molar-refractivity contribution in [2.75, 3.05) is 0 Å². The topological polar surface area (TPSA) is 95.4 Å². The molecule has 19 rings (SSSR count). The summed E-state index contributed by atoms with van der Waals surface area (Å²) in [5, 5.41) is 10.4. The molecule has 0 atom stereocenters. The van der Waals surface area contributed by atoms with E-state index in [4.69, 9.17) is 4.42 Å². The fourth-order valence-electron chi connectivity index (χ4n) is 14.0. The highest BCUT2D eigenvalue weighted by atomic mass is 32.1. The van der Waals surface area contributed by atoms with Crippen molar-refractivity contribution < 1.29 is 4.42 Å². The molecule has 0 fully saturated rings. The summed E-state index contributed by atoms with van der Waals surface area (Å²) in [5.74, 6) is 3.23. The molecule has 1 aliphatic rings. The molecule has 6 heterocycles. The van der Waals surface area contributed by atoms with Crippen LogP contribution in [0.4, 0.5) is 0 Å². The largest absolute Gasteiger partial charge is 0.456 e. The zero-order valence-electron chi connectivity index (χ0n) is 77.2. The molecule has 0 bridgehead atoms. The first-order valence-corrected chi connectivity index (χ1v) is 43.7. The van der Waals surface area contributed by atoms with Crippen LogP contribution in [0.3, 0.4) is 0 Å². The molecular formula is C111H133N7OS. The number of para-hydroxylation sites is 5. The highest BCUT2D eigenvalue weighted by molar-refractivity contribution is 7.25. The Balaban J connectivity index is 0.000000239. The van der Waals surface area contributed by atoms with Gasteiger partial charge in [-0.25, -0.2) is 24.9 Å². The van der Waals surface area contributed by atoms with Crippen LogP contribution in [0.25, 0.3) is 91.5 Å². The van der Waals surface area contributed by atoms with Crippen LogP contribution in [-0.2, 0) is 5.41 Å². The van der Waals surface area contributed by atoms with Crippen LogP contribution in [0.15, 0.2) is 302 Å². The predicted octanol–water partition coefficient (Wildman–Crippen LogP) is 32.8. The minimum atomic E-state index is 0.160. The Kier molecular flexibility index (Phi) is 42.1. The zero-order valence-corrected chi connectivity index (χ0v) is 78.1. The van der Waals surface area contributed by atoms with Gasteiger partial charge < -0.3 is 8.98 Å². The molecule has 624 valence electrons. The molecule has 0 aliphatic heterocycles. The van der Waals surface area contributed by atoms with Crippen LogP contribution in [0.2, 0.25) is 0 Å². The highest BCUT2D eigenvalue weighted by Crippen LogP contribution is 2.48. The maximum atomic E-state index is 5.65. The Hall–Kier alpha value is -12.0. The lowest BCUT2D eigenvalue weighted by atomic mass is 9.82. The normalized spacial score (nSPS) is 10.4. The summed E-state index contributed by atoms with van der Waals surface area (Å²) >= 11 is 1.86. The lowest BCUT2D eigenvalue weighted by Crippen LogP contribution is -2.14. The van der Waals surface area contributed by atoms with E-state index in [2.05, 4.69) is 326 Å². The van der Waals surface area contributed by atoms with Crippen molar-refractivity contribution in [1.82, 2.24) is 34.5 Å². The standard InChI is InChI=1S/C18H13N.C15H14.C12H8O.C12H8S.C12H18.C10H8.C7H10N2.C7H9N.C6H9N3.6C2H6/c1-2-8-14(9-3-1)19-17-12-6-4-10-15(17)16-11-5-7-13-18(16)19;1-15(2)13-9-5-3-7-11(13)12-8-4-6-10-14(12)15;2*1-3-7-11-9(5-1)10-6-2-4-8-12(10)13-11;1-7-8(2)10(4)12(6)11(5)9(7)3;1-2-6-10-8-4-3-7-9(10)5-1;1-5-4-6(2)9-7(3)8-5;1-6-4-3-5-7(2)8-6;1-4-7-5(2)9-6(3)8-4;6*1-2/h1-13H;3-10H,1-2H3;2*1-8H;1-6H3;1-8H;4H,1-3H3;3-5H,1-2H3;1-3H3;6*1-2H3. The molecule has 1 aliphatic carbocycles. The van der Waals surface area contributed by atoms with E-state index < -0.39 is 0 Å². The van der Waals surface area contributed by atoms with E-state index >= 15 is 0 Å². The average molecular weight is 1610 g/mol. The first-order chi connectivity index (χ1) is 58.1. The van der Waals surface area contributed by atoms with Gasteiger partial charge in [-0.15, -0.1) is 11.3 Å². The van der Waals surface area contributed by atoms with Crippen LogP contribution >= 0.6 is 11.3 Å². The van der Waals surface area contributed by atoms with E-state index in [0.717, 1.165) is 57.2 Å². The summed E-state index contributed by atoms with van der Waals surface area (Å²) in [5.41, 5.74) is 24.5. The summed E-state index contributed by atoms with van der Waals surface area (Å²) in [6, 6.07) is 103. The van der Waals surface area contributed by atoms with E-state index in [0.29, 0.717) is 0 Å². The number of pyridine rings is 1. The number of hydrogen-bond donors (Lipinski definition) is 0. The first-order valence-electron chi connectivity index (χ1n) is 42.9. The summed E-state index contributed by atoms with van der Waals surface area (Å²) in [7, 11) is 0. The van der Waals surface area contributed by atoms with Crippen molar-refractivity contribution >= 4 is 86.0 Å². The van der Waals surface area contributed by atoms with Gasteiger partial charge in [-0.2, -0.15) is 0 Å². The molecule has 0 amide bonds. The number of hydrogen-bond acceptors (Lipinski definition) is 8. The van der Waals surface area contributed by atoms with Crippen molar-refractivity contribution in [2.24, 2.45) is 0 Å². The average Bonchev–Trinajstić information content (AvgIpc) is 1.59.